The number of aromatic nitrogens is 1. The number of rotatable bonds is 1. The minimum atomic E-state index is 0.0401. The van der Waals surface area contributed by atoms with Gasteiger partial charge in [-0.1, -0.05) is 24.3 Å². The second kappa shape index (κ2) is 4.20. The first-order chi connectivity index (χ1) is 7.93. The maximum absolute atomic E-state index is 5.66. The number of hydrogen-bond acceptors (Lipinski definition) is 2. The standard InChI is InChI=1S/C13H13N2O/c1-2-4-11-10(3-1)5-6-12(15-11)13-9-14-7-8-16-13/h1-6,13H,7-9H2. The van der Waals surface area contributed by atoms with Crippen LogP contribution in [0, 0.1) is 0 Å². The fourth-order valence-electron chi connectivity index (χ4n) is 1.96. The Kier molecular flexibility index (Phi) is 2.56. The van der Waals surface area contributed by atoms with E-state index in [1.807, 2.05) is 24.3 Å². The summed E-state index contributed by atoms with van der Waals surface area (Å²) in [5.74, 6) is 0. The summed E-state index contributed by atoms with van der Waals surface area (Å²) in [7, 11) is 0. The predicted octanol–water partition coefficient (Wildman–Crippen LogP) is 1.91. The quantitative estimate of drug-likeness (QED) is 0.725. The van der Waals surface area contributed by atoms with Crippen LogP contribution in [0.15, 0.2) is 36.4 Å². The van der Waals surface area contributed by atoms with Crippen molar-refractivity contribution in [3.8, 4) is 0 Å². The van der Waals surface area contributed by atoms with Gasteiger partial charge < -0.3 is 4.74 Å². The highest BCUT2D eigenvalue weighted by Crippen LogP contribution is 2.20. The summed E-state index contributed by atoms with van der Waals surface area (Å²) in [6.07, 6.45) is 0.0401. The van der Waals surface area contributed by atoms with Crippen molar-refractivity contribution < 1.29 is 4.74 Å². The van der Waals surface area contributed by atoms with E-state index in [0.29, 0.717) is 6.61 Å². The number of benzene rings is 1. The van der Waals surface area contributed by atoms with E-state index in [-0.39, 0.29) is 6.10 Å². The first-order valence-electron chi connectivity index (χ1n) is 5.54. The molecule has 1 atom stereocenters. The summed E-state index contributed by atoms with van der Waals surface area (Å²) in [6, 6.07) is 12.3. The normalized spacial score (nSPS) is 21.1. The van der Waals surface area contributed by atoms with E-state index < -0.39 is 0 Å². The smallest absolute Gasteiger partial charge is 0.114 e. The molecule has 16 heavy (non-hydrogen) atoms. The van der Waals surface area contributed by atoms with Crippen LogP contribution in [0.2, 0.25) is 0 Å². The van der Waals surface area contributed by atoms with Gasteiger partial charge in [0.1, 0.15) is 6.10 Å². The summed E-state index contributed by atoms with van der Waals surface area (Å²) in [4.78, 5) is 4.61. The molecule has 2 heterocycles. The lowest BCUT2D eigenvalue weighted by Crippen LogP contribution is -2.28. The van der Waals surface area contributed by atoms with Gasteiger partial charge in [0, 0.05) is 18.5 Å². The molecule has 0 bridgehead atoms. The molecule has 3 nitrogen and oxygen atoms in total. The summed E-state index contributed by atoms with van der Waals surface area (Å²) in [5, 5.41) is 5.52. The van der Waals surface area contributed by atoms with Crippen molar-refractivity contribution in [1.82, 2.24) is 10.3 Å². The minimum absolute atomic E-state index is 0.0401. The van der Waals surface area contributed by atoms with Gasteiger partial charge in [-0.05, 0) is 12.1 Å². The van der Waals surface area contributed by atoms with Gasteiger partial charge in [-0.3, -0.25) is 4.98 Å². The van der Waals surface area contributed by atoms with E-state index in [0.717, 1.165) is 24.3 Å². The zero-order valence-corrected chi connectivity index (χ0v) is 8.97. The first-order valence-corrected chi connectivity index (χ1v) is 5.54. The van der Waals surface area contributed by atoms with E-state index in [9.17, 15) is 0 Å². The van der Waals surface area contributed by atoms with Crippen molar-refractivity contribution >= 4 is 10.9 Å². The van der Waals surface area contributed by atoms with Crippen LogP contribution in [-0.4, -0.2) is 24.7 Å². The molecule has 3 rings (SSSR count). The Morgan fingerprint density at radius 2 is 2.06 bits per heavy atom. The zero-order valence-electron chi connectivity index (χ0n) is 8.97. The Labute approximate surface area is 94.5 Å². The van der Waals surface area contributed by atoms with Crippen molar-refractivity contribution in [2.75, 3.05) is 19.7 Å². The minimum Gasteiger partial charge on any atom is -0.369 e. The van der Waals surface area contributed by atoms with Crippen molar-refractivity contribution in [3.05, 3.63) is 42.1 Å². The number of nitrogens with zero attached hydrogens (tertiary/aromatic N) is 2. The predicted molar refractivity (Wildman–Crippen MR) is 62.3 cm³/mol. The fourth-order valence-corrected chi connectivity index (χ4v) is 1.96. The Morgan fingerprint density at radius 1 is 1.12 bits per heavy atom. The van der Waals surface area contributed by atoms with Crippen LogP contribution in [0.1, 0.15) is 11.8 Å². The van der Waals surface area contributed by atoms with Crippen molar-refractivity contribution in [1.29, 1.82) is 0 Å². The monoisotopic (exact) mass is 213 g/mol. The molecule has 2 aromatic rings. The van der Waals surface area contributed by atoms with Gasteiger partial charge in [-0.15, -0.1) is 0 Å². The van der Waals surface area contributed by atoms with Crippen molar-refractivity contribution in [3.63, 3.8) is 0 Å². The molecule has 0 amide bonds. The average molecular weight is 213 g/mol. The Balaban J connectivity index is 1.97. The van der Waals surface area contributed by atoms with Gasteiger partial charge in [-0.25, -0.2) is 5.32 Å². The molecular formula is C13H13N2O. The Bertz CT molecular complexity index is 492. The third-order valence-electron chi connectivity index (χ3n) is 2.81. The number of hydrogen-bond donors (Lipinski definition) is 0. The molecule has 0 spiro atoms. The third-order valence-corrected chi connectivity index (χ3v) is 2.81. The largest absolute Gasteiger partial charge is 0.369 e. The molecule has 0 N–H and O–H groups in total. The van der Waals surface area contributed by atoms with Gasteiger partial charge >= 0.3 is 0 Å². The number of morpholine rings is 1. The van der Waals surface area contributed by atoms with Crippen LogP contribution >= 0.6 is 0 Å². The number of fused-ring (bicyclic) bond motifs is 1. The van der Waals surface area contributed by atoms with E-state index in [1.54, 1.807) is 0 Å². The fraction of sp³-hybridized carbons (Fsp3) is 0.308. The van der Waals surface area contributed by atoms with E-state index >= 15 is 0 Å². The molecular weight excluding hydrogens is 200 g/mol. The van der Waals surface area contributed by atoms with Crippen LogP contribution in [0.25, 0.3) is 10.9 Å². The van der Waals surface area contributed by atoms with Crippen LogP contribution in [0.4, 0.5) is 0 Å². The van der Waals surface area contributed by atoms with E-state index in [4.69, 9.17) is 4.74 Å². The molecule has 1 aliphatic heterocycles. The van der Waals surface area contributed by atoms with Gasteiger partial charge in [0.15, 0.2) is 0 Å². The van der Waals surface area contributed by atoms with Gasteiger partial charge in [0.2, 0.25) is 0 Å². The number of para-hydroxylation sites is 1. The van der Waals surface area contributed by atoms with Crippen LogP contribution in [0.3, 0.4) is 0 Å². The molecule has 1 saturated heterocycles. The SMILES string of the molecule is c1ccc2nc(C3C[N]CCO3)ccc2c1. The second-order valence-electron chi connectivity index (χ2n) is 3.92. The van der Waals surface area contributed by atoms with E-state index in [1.165, 1.54) is 5.39 Å². The van der Waals surface area contributed by atoms with E-state index in [2.05, 4.69) is 22.4 Å². The maximum atomic E-state index is 5.66. The molecule has 0 aliphatic carbocycles. The highest BCUT2D eigenvalue weighted by molar-refractivity contribution is 5.78. The van der Waals surface area contributed by atoms with Gasteiger partial charge in [-0.2, -0.15) is 0 Å². The molecule has 1 radical (unpaired) electrons. The van der Waals surface area contributed by atoms with Gasteiger partial charge in [0.05, 0.1) is 17.8 Å². The molecule has 1 aromatic carbocycles. The molecule has 1 fully saturated rings. The average Bonchev–Trinajstić information content (AvgIpc) is 2.39. The zero-order chi connectivity index (χ0) is 10.8. The molecule has 0 saturated carbocycles. The highest BCUT2D eigenvalue weighted by Gasteiger charge is 2.17. The van der Waals surface area contributed by atoms with Crippen molar-refractivity contribution in [2.24, 2.45) is 0 Å². The summed E-state index contributed by atoms with van der Waals surface area (Å²) in [6.45, 7) is 2.24. The van der Waals surface area contributed by atoms with Crippen LogP contribution in [0.5, 0.6) is 0 Å². The summed E-state index contributed by atoms with van der Waals surface area (Å²) < 4.78 is 5.66. The molecule has 1 aliphatic rings. The van der Waals surface area contributed by atoms with Gasteiger partial charge in [0.25, 0.3) is 0 Å². The molecule has 3 heteroatoms. The topological polar surface area (TPSA) is 36.2 Å². The highest BCUT2D eigenvalue weighted by atomic mass is 16.5. The maximum Gasteiger partial charge on any atom is 0.114 e. The molecule has 1 unspecified atom stereocenters. The first kappa shape index (κ1) is 9.75. The van der Waals surface area contributed by atoms with Crippen LogP contribution in [-0.2, 0) is 4.74 Å². The summed E-state index contributed by atoms with van der Waals surface area (Å²) in [5.41, 5.74) is 2.01. The molecule has 81 valence electrons. The third kappa shape index (κ3) is 1.79. The lowest BCUT2D eigenvalue weighted by atomic mass is 10.1. The summed E-state index contributed by atoms with van der Waals surface area (Å²) >= 11 is 0. The Morgan fingerprint density at radius 3 is 2.94 bits per heavy atom. The molecule has 1 aromatic heterocycles. The lowest BCUT2D eigenvalue weighted by Gasteiger charge is -2.22. The van der Waals surface area contributed by atoms with Crippen LogP contribution < -0.4 is 5.32 Å². The number of pyridine rings is 1. The number of ether oxygens (including phenoxy) is 1. The Hall–Kier alpha value is -1.45. The lowest BCUT2D eigenvalue weighted by molar-refractivity contribution is 0.0236. The second-order valence-corrected chi connectivity index (χ2v) is 3.92. The van der Waals surface area contributed by atoms with Crippen molar-refractivity contribution in [2.45, 2.75) is 6.10 Å².